The van der Waals surface area contributed by atoms with Crippen molar-refractivity contribution in [3.05, 3.63) is 0 Å². The summed E-state index contributed by atoms with van der Waals surface area (Å²) >= 11 is 0. The number of likely N-dealkylation sites (tertiary alicyclic amines) is 4. The first-order valence-electron chi connectivity index (χ1n) is 26.7. The fourth-order valence-electron chi connectivity index (χ4n) is 15.9. The summed E-state index contributed by atoms with van der Waals surface area (Å²) in [4.78, 5) is 23.3. The molecule has 1 radical (unpaired) electrons. The molecule has 6 fully saturated rings. The van der Waals surface area contributed by atoms with E-state index in [2.05, 4.69) is 194 Å². The van der Waals surface area contributed by atoms with Crippen LogP contribution in [0.15, 0.2) is 0 Å². The van der Waals surface area contributed by atoms with Crippen LogP contribution in [-0.4, -0.2) is 137 Å². The molecule has 0 saturated carbocycles. The maximum absolute atomic E-state index is 6.99. The van der Waals surface area contributed by atoms with E-state index < -0.39 is 11.9 Å². The van der Waals surface area contributed by atoms with Crippen molar-refractivity contribution in [3.8, 4) is 0 Å². The smallest absolute Gasteiger partial charge is 0.196 e. The van der Waals surface area contributed by atoms with E-state index >= 15 is 0 Å². The first-order valence-corrected chi connectivity index (χ1v) is 26.7. The van der Waals surface area contributed by atoms with Gasteiger partial charge < -0.3 is 14.2 Å². The van der Waals surface area contributed by atoms with E-state index in [4.69, 9.17) is 24.0 Å². The van der Waals surface area contributed by atoms with Gasteiger partial charge in [0.05, 0.1) is 19.8 Å². The first-order chi connectivity index (χ1) is 29.7. The number of hydrogen-bond acceptors (Lipinski definition) is 9. The molecule has 66 heavy (non-hydrogen) atoms. The number of ether oxygens (including phenoxy) is 3. The lowest BCUT2D eigenvalue weighted by Crippen LogP contribution is -2.69. The van der Waals surface area contributed by atoms with Crippen LogP contribution in [0.3, 0.4) is 0 Å². The van der Waals surface area contributed by atoms with E-state index in [9.17, 15) is 0 Å². The molecule has 0 amide bonds. The number of piperidine rings is 4. The topological polar surface area (TPSA) is 59.1 Å². The molecule has 1 spiro atoms. The second-order valence-corrected chi connectivity index (χ2v) is 30.2. The van der Waals surface area contributed by atoms with Gasteiger partial charge in [0.15, 0.2) is 18.2 Å². The highest BCUT2D eigenvalue weighted by Crippen LogP contribution is 2.66. The molecule has 6 aliphatic heterocycles. The Morgan fingerprint density at radius 1 is 0.439 bits per heavy atom. The molecule has 1 atom stereocenters. The molecule has 0 N–H and O–H groups in total. The van der Waals surface area contributed by atoms with Crippen molar-refractivity contribution in [3.63, 3.8) is 0 Å². The van der Waals surface area contributed by atoms with Gasteiger partial charge in [-0.1, -0.05) is 46.3 Å². The van der Waals surface area contributed by atoms with Crippen LogP contribution in [0.2, 0.25) is 12.1 Å². The SMILES string of the molecule is CN1C(C)(C)CC([B]CCC(C)(C)C2OCC3(COC(C(C)(C)CC(C4CC(C)(C)N(C)C(C)(C)C4)(C4CC(C)(C)N(C)C(C)(C)C4)C4CC(C)(C)N(C)C(C)(C)C4)OC3)OO2)CC1(C)C. The van der Waals surface area contributed by atoms with Crippen molar-refractivity contribution >= 4 is 7.28 Å². The maximum Gasteiger partial charge on any atom is 0.196 e. The zero-order valence-corrected chi connectivity index (χ0v) is 47.8. The monoisotopic (exact) mass is 926 g/mol. The van der Waals surface area contributed by atoms with E-state index in [-0.39, 0.29) is 66.8 Å². The third-order valence-corrected chi connectivity index (χ3v) is 20.7. The third-order valence-electron chi connectivity index (χ3n) is 20.7. The predicted octanol–water partition coefficient (Wildman–Crippen LogP) is 12.1. The average molecular weight is 926 g/mol. The van der Waals surface area contributed by atoms with Crippen molar-refractivity contribution < 1.29 is 24.0 Å². The summed E-state index contributed by atoms with van der Waals surface area (Å²) < 4.78 is 20.6. The van der Waals surface area contributed by atoms with Gasteiger partial charge in [-0.2, -0.15) is 0 Å². The lowest BCUT2D eigenvalue weighted by molar-refractivity contribution is -0.508. The van der Waals surface area contributed by atoms with E-state index in [1.165, 1.54) is 51.4 Å². The summed E-state index contributed by atoms with van der Waals surface area (Å²) in [5.41, 5.74) is -0.559. The summed E-state index contributed by atoms with van der Waals surface area (Å²) in [6.45, 7) is 50.3. The van der Waals surface area contributed by atoms with Crippen LogP contribution in [0.1, 0.15) is 203 Å². The van der Waals surface area contributed by atoms with E-state index in [1.54, 1.807) is 0 Å². The Morgan fingerprint density at radius 3 is 1.06 bits per heavy atom. The minimum atomic E-state index is -0.792. The highest BCUT2D eigenvalue weighted by atomic mass is 17.2. The summed E-state index contributed by atoms with van der Waals surface area (Å²) in [5, 5.41) is 0. The summed E-state index contributed by atoms with van der Waals surface area (Å²) in [6, 6.07) is 0. The molecule has 1 unspecified atom stereocenters. The molecule has 6 rings (SSSR count). The molecular weight excluding hydrogens is 819 g/mol. The maximum atomic E-state index is 6.99. The van der Waals surface area contributed by atoms with E-state index in [0.29, 0.717) is 43.4 Å². The molecule has 0 aromatic rings. The molecule has 0 aromatic heterocycles. The predicted molar refractivity (Wildman–Crippen MR) is 275 cm³/mol. The lowest BCUT2D eigenvalue weighted by Gasteiger charge is -2.68. The second kappa shape index (κ2) is 17.7. The van der Waals surface area contributed by atoms with Crippen LogP contribution in [0, 0.1) is 34.0 Å². The minimum absolute atomic E-state index is 0.0241. The van der Waals surface area contributed by atoms with Gasteiger partial charge >= 0.3 is 0 Å². The van der Waals surface area contributed by atoms with Crippen LogP contribution in [0.4, 0.5) is 0 Å². The molecule has 6 aliphatic rings. The van der Waals surface area contributed by atoms with Crippen molar-refractivity contribution in [2.45, 2.75) is 277 Å². The zero-order valence-electron chi connectivity index (χ0n) is 47.8. The molecule has 383 valence electrons. The molecule has 0 aromatic carbocycles. The van der Waals surface area contributed by atoms with Gasteiger partial charge in [0.25, 0.3) is 0 Å². The highest BCUT2D eigenvalue weighted by molar-refractivity contribution is 6.37. The quantitative estimate of drug-likeness (QED) is 0.149. The van der Waals surface area contributed by atoms with Gasteiger partial charge in [-0.3, -0.25) is 19.6 Å². The summed E-state index contributed by atoms with van der Waals surface area (Å²) in [6.07, 6.45) is 11.7. The normalized spacial score (nSPS) is 34.1. The molecule has 6 heterocycles. The number of hydrogen-bond donors (Lipinski definition) is 0. The Kier molecular flexibility index (Phi) is 14.8. The Labute approximate surface area is 408 Å². The van der Waals surface area contributed by atoms with E-state index in [0.717, 1.165) is 19.2 Å². The summed E-state index contributed by atoms with van der Waals surface area (Å²) in [5.74, 6) is 2.18. The molecule has 6 saturated heterocycles. The Hall–Kier alpha value is -0.295. The molecule has 9 nitrogen and oxygen atoms in total. The van der Waals surface area contributed by atoms with Gasteiger partial charge in [0.2, 0.25) is 0 Å². The first kappa shape index (κ1) is 55.0. The van der Waals surface area contributed by atoms with Gasteiger partial charge in [0, 0.05) is 55.1 Å². The van der Waals surface area contributed by atoms with Crippen molar-refractivity contribution in [2.75, 3.05) is 48.0 Å². The van der Waals surface area contributed by atoms with Gasteiger partial charge in [-0.25, -0.2) is 9.78 Å². The van der Waals surface area contributed by atoms with Crippen LogP contribution >= 0.6 is 0 Å². The fraction of sp³-hybridized carbons (Fsp3) is 1.00. The Morgan fingerprint density at radius 2 is 0.742 bits per heavy atom. The van der Waals surface area contributed by atoms with E-state index in [1.807, 2.05) is 0 Å². The van der Waals surface area contributed by atoms with Crippen LogP contribution in [0.25, 0.3) is 0 Å². The van der Waals surface area contributed by atoms with Crippen molar-refractivity contribution in [2.24, 2.45) is 34.0 Å². The summed E-state index contributed by atoms with van der Waals surface area (Å²) in [7, 11) is 12.0. The van der Waals surface area contributed by atoms with Gasteiger partial charge in [-0.15, -0.1) is 0 Å². The molecular formula is C56H106BN4O5. The molecule has 0 bridgehead atoms. The lowest BCUT2D eigenvalue weighted by atomic mass is 9.44. The standard InChI is InChI=1S/C56H106BN4O5/c1-45(2,25-26-57-42-33-53(17,18)61(24)54(19,20)34-42)44-64-38-55(66-65-44)36-62-43(63-37-55)46(3,4)35-56(39-27-47(5,6)58(21)48(7,8)28-39,40-29-49(9,10)59(22)50(11,12)30-40)41-31-51(13,14)60(23)52(15,16)32-41/h39-44H,25-38H2,1-24H3. The van der Waals surface area contributed by atoms with Crippen LogP contribution in [-0.2, 0) is 24.0 Å². The number of rotatable bonds is 11. The number of nitrogens with zero attached hydrogens (tertiary/aromatic N) is 4. The fourth-order valence-corrected chi connectivity index (χ4v) is 15.9. The molecule has 10 heteroatoms. The second-order valence-electron chi connectivity index (χ2n) is 30.2. The van der Waals surface area contributed by atoms with Crippen molar-refractivity contribution in [1.82, 2.24) is 19.6 Å². The Balaban J connectivity index is 1.24. The van der Waals surface area contributed by atoms with Crippen molar-refractivity contribution in [1.29, 1.82) is 0 Å². The van der Waals surface area contributed by atoms with Crippen LogP contribution in [0.5, 0.6) is 0 Å². The minimum Gasteiger partial charge on any atom is -0.349 e. The average Bonchev–Trinajstić information content (AvgIpc) is 3.15. The van der Waals surface area contributed by atoms with Gasteiger partial charge in [-0.05, 0) is 220 Å². The molecule has 0 aliphatic carbocycles. The Bertz CT molecular complexity index is 1510. The third kappa shape index (κ3) is 10.5. The zero-order chi connectivity index (χ0) is 49.9. The highest BCUT2D eigenvalue weighted by Gasteiger charge is 2.64. The van der Waals surface area contributed by atoms with Crippen LogP contribution < -0.4 is 0 Å². The largest absolute Gasteiger partial charge is 0.349 e. The van der Waals surface area contributed by atoms with Gasteiger partial charge in [0.1, 0.15) is 7.28 Å².